The van der Waals surface area contributed by atoms with Crippen molar-refractivity contribution in [2.24, 2.45) is 0 Å². The molecule has 1 amide bonds. The fourth-order valence-electron chi connectivity index (χ4n) is 3.41. The van der Waals surface area contributed by atoms with E-state index in [4.69, 9.17) is 0 Å². The third-order valence-electron chi connectivity index (χ3n) is 4.55. The van der Waals surface area contributed by atoms with Crippen LogP contribution in [-0.4, -0.2) is 47.9 Å². The van der Waals surface area contributed by atoms with E-state index in [2.05, 4.69) is 9.80 Å². The Morgan fingerprint density at radius 2 is 1.86 bits per heavy atom. The first-order chi connectivity index (χ1) is 10.3. The van der Waals surface area contributed by atoms with Crippen molar-refractivity contribution in [3.8, 4) is 0 Å². The Hall–Kier alpha value is -1.61. The Balaban J connectivity index is 1.59. The Morgan fingerprint density at radius 3 is 2.62 bits per heavy atom. The van der Waals surface area contributed by atoms with Gasteiger partial charge in [0, 0.05) is 25.2 Å². The van der Waals surface area contributed by atoms with Crippen LogP contribution in [-0.2, 0) is 4.79 Å². The lowest BCUT2D eigenvalue weighted by atomic mass is 10.2. The van der Waals surface area contributed by atoms with Gasteiger partial charge in [-0.25, -0.2) is 0 Å². The predicted molar refractivity (Wildman–Crippen MR) is 85.9 cm³/mol. The number of nitrogens with zero attached hydrogens (tertiary/aromatic N) is 2. The van der Waals surface area contributed by atoms with Gasteiger partial charge in [0.1, 0.15) is 0 Å². The lowest BCUT2D eigenvalue weighted by Crippen LogP contribution is -2.41. The predicted octanol–water partition coefficient (Wildman–Crippen LogP) is 2.79. The van der Waals surface area contributed by atoms with E-state index in [1.54, 1.807) is 6.08 Å². The maximum atomic E-state index is 12.4. The molecule has 0 bridgehead atoms. The first-order valence-corrected chi connectivity index (χ1v) is 8.09. The summed E-state index contributed by atoms with van der Waals surface area (Å²) in [5.74, 6) is 0.167. The molecule has 3 rings (SSSR count). The van der Waals surface area contributed by atoms with Gasteiger partial charge in [0.15, 0.2) is 0 Å². The van der Waals surface area contributed by atoms with Gasteiger partial charge in [-0.05, 0) is 50.4 Å². The summed E-state index contributed by atoms with van der Waals surface area (Å²) in [7, 11) is 0. The zero-order valence-electron chi connectivity index (χ0n) is 12.6. The lowest BCUT2D eigenvalue weighted by Gasteiger charge is -2.27. The van der Waals surface area contributed by atoms with Crippen LogP contribution in [0.25, 0.3) is 6.08 Å². The van der Waals surface area contributed by atoms with Crippen molar-refractivity contribution in [3.05, 3.63) is 42.0 Å². The van der Waals surface area contributed by atoms with E-state index in [1.165, 1.54) is 25.9 Å². The molecule has 0 aromatic heterocycles. The van der Waals surface area contributed by atoms with Gasteiger partial charge in [-0.1, -0.05) is 30.3 Å². The molecule has 112 valence electrons. The maximum absolute atomic E-state index is 12.4. The molecule has 0 spiro atoms. The summed E-state index contributed by atoms with van der Waals surface area (Å²) < 4.78 is 0. The quantitative estimate of drug-likeness (QED) is 0.794. The highest BCUT2D eigenvalue weighted by molar-refractivity contribution is 5.92. The second-order valence-electron chi connectivity index (χ2n) is 6.08. The number of rotatable bonds is 4. The van der Waals surface area contributed by atoms with Crippen LogP contribution >= 0.6 is 0 Å². The van der Waals surface area contributed by atoms with Crippen LogP contribution in [0.3, 0.4) is 0 Å². The average Bonchev–Trinajstić information content (AvgIpc) is 3.18. The van der Waals surface area contributed by atoms with E-state index in [0.717, 1.165) is 31.5 Å². The first-order valence-electron chi connectivity index (χ1n) is 8.09. The van der Waals surface area contributed by atoms with Gasteiger partial charge in [-0.3, -0.25) is 4.79 Å². The Bertz CT molecular complexity index is 491. The molecule has 1 aromatic rings. The molecule has 1 unspecified atom stereocenters. The summed E-state index contributed by atoms with van der Waals surface area (Å²) in [6.07, 6.45) is 8.58. The van der Waals surface area contributed by atoms with Crippen molar-refractivity contribution < 1.29 is 4.79 Å². The van der Waals surface area contributed by atoms with Gasteiger partial charge < -0.3 is 9.80 Å². The second-order valence-corrected chi connectivity index (χ2v) is 6.08. The highest BCUT2D eigenvalue weighted by atomic mass is 16.2. The molecule has 0 N–H and O–H groups in total. The molecule has 0 saturated carbocycles. The molecule has 21 heavy (non-hydrogen) atoms. The third kappa shape index (κ3) is 3.73. The highest BCUT2D eigenvalue weighted by Crippen LogP contribution is 2.21. The summed E-state index contributed by atoms with van der Waals surface area (Å²) in [6.45, 7) is 4.39. The highest BCUT2D eigenvalue weighted by Gasteiger charge is 2.29. The van der Waals surface area contributed by atoms with Crippen LogP contribution in [0.1, 0.15) is 31.2 Å². The third-order valence-corrected chi connectivity index (χ3v) is 4.55. The minimum absolute atomic E-state index is 0.167. The Labute approximate surface area is 127 Å². The fraction of sp³-hybridized carbons (Fsp3) is 0.500. The van der Waals surface area contributed by atoms with E-state index in [9.17, 15) is 4.79 Å². The van der Waals surface area contributed by atoms with Gasteiger partial charge in [0.2, 0.25) is 5.91 Å². The van der Waals surface area contributed by atoms with Crippen molar-refractivity contribution in [2.75, 3.05) is 26.2 Å². The molecule has 1 aromatic carbocycles. The molecule has 2 fully saturated rings. The molecule has 2 aliphatic heterocycles. The van der Waals surface area contributed by atoms with Gasteiger partial charge in [0.05, 0.1) is 0 Å². The molecule has 0 radical (unpaired) electrons. The lowest BCUT2D eigenvalue weighted by molar-refractivity contribution is -0.127. The van der Waals surface area contributed by atoms with Crippen LogP contribution in [0, 0.1) is 0 Å². The smallest absolute Gasteiger partial charge is 0.246 e. The second kappa shape index (κ2) is 6.90. The Morgan fingerprint density at radius 1 is 1.10 bits per heavy atom. The summed E-state index contributed by atoms with van der Waals surface area (Å²) in [4.78, 5) is 17.0. The zero-order chi connectivity index (χ0) is 14.5. The number of likely N-dealkylation sites (tertiary alicyclic amines) is 2. The molecule has 1 atom stereocenters. The number of benzene rings is 1. The molecule has 3 nitrogen and oxygen atoms in total. The van der Waals surface area contributed by atoms with Crippen molar-refractivity contribution in [3.63, 3.8) is 0 Å². The van der Waals surface area contributed by atoms with E-state index in [-0.39, 0.29) is 5.91 Å². The summed E-state index contributed by atoms with van der Waals surface area (Å²) >= 11 is 0. The van der Waals surface area contributed by atoms with Gasteiger partial charge in [-0.2, -0.15) is 0 Å². The first kappa shape index (κ1) is 14.3. The molecular formula is C18H24N2O. The van der Waals surface area contributed by atoms with E-state index >= 15 is 0 Å². The monoisotopic (exact) mass is 284 g/mol. The summed E-state index contributed by atoms with van der Waals surface area (Å²) in [6, 6.07) is 10.4. The molecule has 2 saturated heterocycles. The van der Waals surface area contributed by atoms with Gasteiger partial charge in [-0.15, -0.1) is 0 Å². The van der Waals surface area contributed by atoms with Crippen LogP contribution < -0.4 is 0 Å². The molecule has 3 heteroatoms. The maximum Gasteiger partial charge on any atom is 0.246 e. The van der Waals surface area contributed by atoms with Crippen LogP contribution in [0.5, 0.6) is 0 Å². The van der Waals surface area contributed by atoms with E-state index < -0.39 is 0 Å². The zero-order valence-corrected chi connectivity index (χ0v) is 12.6. The molecule has 2 heterocycles. The summed E-state index contributed by atoms with van der Waals surface area (Å²) in [5.41, 5.74) is 1.08. The van der Waals surface area contributed by atoms with Crippen LogP contribution in [0.2, 0.25) is 0 Å². The largest absolute Gasteiger partial charge is 0.335 e. The van der Waals surface area contributed by atoms with Crippen molar-refractivity contribution in [2.45, 2.75) is 31.7 Å². The van der Waals surface area contributed by atoms with Crippen molar-refractivity contribution in [1.82, 2.24) is 9.80 Å². The summed E-state index contributed by atoms with van der Waals surface area (Å²) in [5, 5.41) is 0. The number of carbonyl (C=O) groups excluding carboxylic acids is 1. The number of carbonyl (C=O) groups is 1. The fourth-order valence-corrected chi connectivity index (χ4v) is 3.41. The SMILES string of the molecule is O=C(/C=C/c1ccccc1)N1CCCC1CN1CCCC1. The molecule has 0 aliphatic carbocycles. The number of hydrogen-bond acceptors (Lipinski definition) is 2. The molecular weight excluding hydrogens is 260 g/mol. The van der Waals surface area contributed by atoms with Crippen LogP contribution in [0.4, 0.5) is 0 Å². The van der Waals surface area contributed by atoms with Crippen LogP contribution in [0.15, 0.2) is 36.4 Å². The Kier molecular flexibility index (Phi) is 4.71. The topological polar surface area (TPSA) is 23.6 Å². The standard InChI is InChI=1S/C18H24N2O/c21-18(11-10-16-7-2-1-3-8-16)20-14-6-9-17(20)15-19-12-4-5-13-19/h1-3,7-8,10-11,17H,4-6,9,12-15H2/b11-10+. The van der Waals surface area contributed by atoms with Gasteiger partial charge >= 0.3 is 0 Å². The van der Waals surface area contributed by atoms with E-state index in [0.29, 0.717) is 6.04 Å². The van der Waals surface area contributed by atoms with Crippen molar-refractivity contribution in [1.29, 1.82) is 0 Å². The minimum atomic E-state index is 0.167. The number of hydrogen-bond donors (Lipinski definition) is 0. The van der Waals surface area contributed by atoms with E-state index in [1.807, 2.05) is 36.4 Å². The van der Waals surface area contributed by atoms with Crippen molar-refractivity contribution >= 4 is 12.0 Å². The normalized spacial score (nSPS) is 23.2. The molecule has 2 aliphatic rings. The minimum Gasteiger partial charge on any atom is -0.335 e. The average molecular weight is 284 g/mol. The van der Waals surface area contributed by atoms with Gasteiger partial charge in [0.25, 0.3) is 0 Å². The number of amides is 1.